The van der Waals surface area contributed by atoms with E-state index in [-0.39, 0.29) is 23.6 Å². The van der Waals surface area contributed by atoms with Gasteiger partial charge in [0.05, 0.1) is 21.8 Å². The van der Waals surface area contributed by atoms with E-state index in [1.807, 2.05) is 0 Å². The van der Waals surface area contributed by atoms with E-state index in [0.29, 0.717) is 32.7 Å². The Kier molecular flexibility index (Phi) is 7.75. The molecule has 0 aliphatic carbocycles. The van der Waals surface area contributed by atoms with E-state index in [0.717, 1.165) is 4.31 Å². The molecule has 1 aromatic heterocycles. The lowest BCUT2D eigenvalue weighted by molar-refractivity contribution is -0.134. The number of aromatic amines is 1. The molecule has 1 atom stereocenters. The number of nitrogens with zero attached hydrogens (tertiary/aromatic N) is 2. The van der Waals surface area contributed by atoms with Crippen molar-refractivity contribution in [2.75, 3.05) is 6.54 Å². The predicted molar refractivity (Wildman–Crippen MR) is 153 cm³/mol. The van der Waals surface area contributed by atoms with Crippen molar-refractivity contribution in [1.29, 1.82) is 0 Å². The zero-order valence-electron chi connectivity index (χ0n) is 22.0. The highest BCUT2D eigenvalue weighted by atomic mass is 35.5. The van der Waals surface area contributed by atoms with Crippen LogP contribution in [0.5, 0.6) is 5.75 Å². The Morgan fingerprint density at radius 2 is 1.78 bits per heavy atom. The summed E-state index contributed by atoms with van der Waals surface area (Å²) in [6.45, 7) is 3.52. The molecular formula is C28H26Cl2N4O6S. The summed E-state index contributed by atoms with van der Waals surface area (Å²) in [5.74, 6) is -0.668. The molecule has 0 saturated carbocycles. The minimum Gasteiger partial charge on any atom is -0.489 e. The van der Waals surface area contributed by atoms with Crippen LogP contribution in [-0.4, -0.2) is 40.2 Å². The smallest absolute Gasteiger partial charge is 0.276 e. The number of rotatable bonds is 7. The van der Waals surface area contributed by atoms with Crippen LogP contribution in [0, 0.1) is 0 Å². The number of amides is 1. The number of hydroxylamine groups is 1. The van der Waals surface area contributed by atoms with E-state index in [4.69, 9.17) is 27.9 Å². The van der Waals surface area contributed by atoms with Crippen molar-refractivity contribution in [2.24, 2.45) is 0 Å². The van der Waals surface area contributed by atoms with Gasteiger partial charge in [-0.1, -0.05) is 61.3 Å². The molecule has 0 unspecified atom stereocenters. The molecule has 5 rings (SSSR count). The molecule has 0 radical (unpaired) electrons. The molecule has 4 aromatic rings. The van der Waals surface area contributed by atoms with Gasteiger partial charge in [0, 0.05) is 27.6 Å². The fourth-order valence-corrected chi connectivity index (χ4v) is 7.06. The van der Waals surface area contributed by atoms with Crippen molar-refractivity contribution in [1.82, 2.24) is 19.6 Å². The fraction of sp³-hybridized carbons (Fsp3) is 0.214. The second-order valence-corrected chi connectivity index (χ2v) is 12.9. The highest BCUT2D eigenvalue weighted by Gasteiger charge is 2.50. The summed E-state index contributed by atoms with van der Waals surface area (Å²) in [4.78, 5) is 26.5. The number of carbonyl (C=O) groups is 1. The molecule has 1 aliphatic rings. The van der Waals surface area contributed by atoms with Gasteiger partial charge in [0.25, 0.3) is 11.5 Å². The van der Waals surface area contributed by atoms with Crippen LogP contribution in [0.2, 0.25) is 10.0 Å². The van der Waals surface area contributed by atoms with Crippen molar-refractivity contribution in [3.05, 3.63) is 110 Å². The first-order valence-electron chi connectivity index (χ1n) is 12.5. The zero-order chi connectivity index (χ0) is 29.5. The Balaban J connectivity index is 1.50. The summed E-state index contributed by atoms with van der Waals surface area (Å²) >= 11 is 12.1. The number of hydrogen-bond acceptors (Lipinski definition) is 6. The third-order valence-corrected chi connectivity index (χ3v) is 9.34. The van der Waals surface area contributed by atoms with Crippen LogP contribution in [0.4, 0.5) is 0 Å². The van der Waals surface area contributed by atoms with Crippen LogP contribution in [-0.2, 0) is 26.8 Å². The molecule has 0 saturated heterocycles. The number of sulfonamides is 1. The number of aromatic nitrogens is 2. The molecule has 41 heavy (non-hydrogen) atoms. The van der Waals surface area contributed by atoms with E-state index in [1.54, 1.807) is 62.4 Å². The van der Waals surface area contributed by atoms with Crippen LogP contribution in [0.1, 0.15) is 36.7 Å². The lowest BCUT2D eigenvalue weighted by Crippen LogP contribution is -2.53. The lowest BCUT2D eigenvalue weighted by atomic mass is 9.81. The largest absolute Gasteiger partial charge is 0.489 e. The first-order valence-corrected chi connectivity index (χ1v) is 14.7. The Morgan fingerprint density at radius 1 is 1.10 bits per heavy atom. The number of benzene rings is 3. The summed E-state index contributed by atoms with van der Waals surface area (Å²) in [6.07, 6.45) is 0. The lowest BCUT2D eigenvalue weighted by Gasteiger charge is -2.40. The summed E-state index contributed by atoms with van der Waals surface area (Å²) in [5.41, 5.74) is 1.58. The van der Waals surface area contributed by atoms with Crippen LogP contribution in [0.15, 0.2) is 82.5 Å². The molecule has 0 fully saturated rings. The van der Waals surface area contributed by atoms with Crippen molar-refractivity contribution >= 4 is 39.1 Å². The second kappa shape index (κ2) is 11.0. The average Bonchev–Trinajstić information content (AvgIpc) is 3.30. The molecule has 0 spiro atoms. The molecule has 2 heterocycles. The molecule has 10 nitrogen and oxygen atoms in total. The minimum absolute atomic E-state index is 0.0694. The van der Waals surface area contributed by atoms with Gasteiger partial charge in [0.1, 0.15) is 18.4 Å². The maximum absolute atomic E-state index is 13.9. The van der Waals surface area contributed by atoms with E-state index in [2.05, 4.69) is 5.10 Å². The van der Waals surface area contributed by atoms with Gasteiger partial charge in [-0.2, -0.15) is 4.31 Å². The fourth-order valence-electron chi connectivity index (χ4n) is 4.87. The van der Waals surface area contributed by atoms with Crippen molar-refractivity contribution < 1.29 is 23.2 Å². The van der Waals surface area contributed by atoms with Gasteiger partial charge < -0.3 is 4.74 Å². The molecular weight excluding hydrogens is 591 g/mol. The van der Waals surface area contributed by atoms with Crippen LogP contribution >= 0.6 is 23.2 Å². The summed E-state index contributed by atoms with van der Waals surface area (Å²) in [7, 11) is -4.34. The van der Waals surface area contributed by atoms with Crippen molar-refractivity contribution in [2.45, 2.75) is 36.8 Å². The molecule has 1 aliphatic heterocycles. The van der Waals surface area contributed by atoms with Gasteiger partial charge in [-0.05, 0) is 48.5 Å². The average molecular weight is 618 g/mol. The summed E-state index contributed by atoms with van der Waals surface area (Å²) in [6, 6.07) is 17.8. The normalized spacial score (nSPS) is 16.7. The Hall–Kier alpha value is -3.61. The van der Waals surface area contributed by atoms with Crippen LogP contribution < -0.4 is 15.8 Å². The zero-order valence-corrected chi connectivity index (χ0v) is 24.3. The van der Waals surface area contributed by atoms with Gasteiger partial charge >= 0.3 is 0 Å². The standard InChI is InChI=1S/C28H26Cl2N4O6S/c1-28(2)16-33(24(26(35)32-37)23-25(28)31-34(27(23)36)19-6-4-3-5-7-19)41(38,39)21-12-10-20(11-13-21)40-15-17-8-9-18(29)14-22(17)30/h3-14,24,31,37H,15-16H2,1-2H3,(H,32,35)/t24-/m1/s1. The maximum Gasteiger partial charge on any atom is 0.276 e. The molecule has 1 amide bonds. The molecule has 214 valence electrons. The Labute approximate surface area is 246 Å². The van der Waals surface area contributed by atoms with Gasteiger partial charge in [-0.15, -0.1) is 0 Å². The summed E-state index contributed by atoms with van der Waals surface area (Å²) < 4.78 is 35.9. The van der Waals surface area contributed by atoms with E-state index < -0.39 is 32.9 Å². The quantitative estimate of drug-likeness (QED) is 0.205. The predicted octanol–water partition coefficient (Wildman–Crippen LogP) is 4.58. The Morgan fingerprint density at radius 3 is 2.41 bits per heavy atom. The van der Waals surface area contributed by atoms with Gasteiger partial charge in [-0.25, -0.2) is 18.6 Å². The van der Waals surface area contributed by atoms with E-state index >= 15 is 0 Å². The summed E-state index contributed by atoms with van der Waals surface area (Å²) in [5, 5.41) is 13.6. The molecule has 0 bridgehead atoms. The number of hydrogen-bond donors (Lipinski definition) is 3. The number of H-pyrrole nitrogens is 1. The van der Waals surface area contributed by atoms with Crippen molar-refractivity contribution in [3.8, 4) is 11.4 Å². The van der Waals surface area contributed by atoms with E-state index in [9.17, 15) is 23.2 Å². The van der Waals surface area contributed by atoms with Crippen molar-refractivity contribution in [3.63, 3.8) is 0 Å². The highest BCUT2D eigenvalue weighted by molar-refractivity contribution is 7.89. The van der Waals surface area contributed by atoms with Gasteiger partial charge in [0.15, 0.2) is 0 Å². The third kappa shape index (κ3) is 5.39. The molecule has 3 aromatic carbocycles. The second-order valence-electron chi connectivity index (χ2n) is 10.2. The highest BCUT2D eigenvalue weighted by Crippen LogP contribution is 2.41. The topological polar surface area (TPSA) is 134 Å². The number of para-hydroxylation sites is 1. The number of halogens is 2. The first-order chi connectivity index (χ1) is 19.4. The van der Waals surface area contributed by atoms with E-state index in [1.165, 1.54) is 34.4 Å². The Bertz CT molecular complexity index is 1770. The number of ether oxygens (including phenoxy) is 1. The minimum atomic E-state index is -4.34. The van der Waals surface area contributed by atoms with Crippen LogP contribution in [0.25, 0.3) is 5.69 Å². The number of nitrogens with one attached hydrogen (secondary N) is 2. The first kappa shape index (κ1) is 28.9. The third-order valence-electron chi connectivity index (χ3n) is 6.93. The monoisotopic (exact) mass is 616 g/mol. The van der Waals surface area contributed by atoms with Crippen LogP contribution in [0.3, 0.4) is 0 Å². The van der Waals surface area contributed by atoms with Gasteiger partial charge in [-0.3, -0.25) is 19.9 Å². The van der Waals surface area contributed by atoms with Gasteiger partial charge in [0.2, 0.25) is 10.0 Å². The molecule has 3 N–H and O–H groups in total. The molecule has 13 heteroatoms. The maximum atomic E-state index is 13.9. The number of fused-ring (bicyclic) bond motifs is 1. The SMILES string of the molecule is CC1(C)CN(S(=O)(=O)c2ccc(OCc3ccc(Cl)cc3Cl)cc2)[C@@H](C(=O)NO)c2c1[nH]n(-c1ccccc1)c2=O. The number of carbonyl (C=O) groups excluding carboxylic acids is 1.